The molecule has 1 aliphatic heterocycles. The molecule has 0 saturated carbocycles. The lowest BCUT2D eigenvalue weighted by Gasteiger charge is -2.28. The Bertz CT molecular complexity index is 1170. The molecule has 5 rings (SSSR count). The molecular weight excluding hydrogens is 377 g/mol. The summed E-state index contributed by atoms with van der Waals surface area (Å²) in [7, 11) is 0. The lowest BCUT2D eigenvalue weighted by atomic mass is 10.1. The van der Waals surface area contributed by atoms with Crippen molar-refractivity contribution in [2.24, 2.45) is 0 Å². The summed E-state index contributed by atoms with van der Waals surface area (Å²) in [6.07, 6.45) is 4.78. The van der Waals surface area contributed by atoms with Gasteiger partial charge in [-0.3, -0.25) is 4.90 Å². The van der Waals surface area contributed by atoms with Crippen molar-refractivity contribution in [1.82, 2.24) is 24.6 Å². The average molecular weight is 399 g/mol. The minimum absolute atomic E-state index is 0.242. The third-order valence-corrected chi connectivity index (χ3v) is 5.62. The van der Waals surface area contributed by atoms with E-state index >= 15 is 0 Å². The third-order valence-electron chi connectivity index (χ3n) is 5.62. The maximum atomic E-state index is 13.2. The predicted octanol–water partition coefficient (Wildman–Crippen LogP) is 4.34. The molecule has 0 atom stereocenters. The molecule has 0 N–H and O–H groups in total. The average Bonchev–Trinajstić information content (AvgIpc) is 3.14. The van der Waals surface area contributed by atoms with Crippen molar-refractivity contribution in [3.05, 3.63) is 95.3 Å². The van der Waals surface area contributed by atoms with Gasteiger partial charge in [-0.05, 0) is 31.2 Å². The molecule has 150 valence electrons. The molecule has 30 heavy (non-hydrogen) atoms. The van der Waals surface area contributed by atoms with E-state index in [1.165, 1.54) is 23.3 Å². The van der Waals surface area contributed by atoms with Gasteiger partial charge in [0.2, 0.25) is 0 Å². The second-order valence-electron chi connectivity index (χ2n) is 7.64. The highest BCUT2D eigenvalue weighted by Crippen LogP contribution is 2.23. The lowest BCUT2D eigenvalue weighted by molar-refractivity contribution is 0.242. The minimum atomic E-state index is -0.242. The van der Waals surface area contributed by atoms with Crippen LogP contribution in [-0.4, -0.2) is 31.2 Å². The van der Waals surface area contributed by atoms with Gasteiger partial charge in [-0.2, -0.15) is 5.10 Å². The number of aromatic nitrogens is 4. The number of fused-ring (bicyclic) bond motifs is 1. The van der Waals surface area contributed by atoms with Gasteiger partial charge in [0.15, 0.2) is 5.82 Å². The fraction of sp³-hybridized carbons (Fsp3) is 0.208. The normalized spacial score (nSPS) is 13.9. The molecule has 0 spiro atoms. The van der Waals surface area contributed by atoms with Crippen LogP contribution in [0.2, 0.25) is 0 Å². The molecule has 0 aliphatic carbocycles. The van der Waals surface area contributed by atoms with Gasteiger partial charge in [0, 0.05) is 54.6 Å². The van der Waals surface area contributed by atoms with E-state index in [0.717, 1.165) is 54.5 Å². The second kappa shape index (κ2) is 7.80. The minimum Gasteiger partial charge on any atom is -0.294 e. The van der Waals surface area contributed by atoms with E-state index in [-0.39, 0.29) is 5.82 Å². The summed E-state index contributed by atoms with van der Waals surface area (Å²) in [6.45, 7) is 4.64. The van der Waals surface area contributed by atoms with E-state index in [1.54, 1.807) is 12.1 Å². The Morgan fingerprint density at radius 2 is 1.80 bits per heavy atom. The molecule has 0 radical (unpaired) electrons. The standard InChI is InChI=1S/C24H22FN5/c1-17-19(14-27-30(17)22-9-7-21(25)8-10-22)15-29-12-11-23-20(16-29)13-26-24(28-23)18-5-3-2-4-6-18/h2-10,13-14H,11-12,15-16H2,1H3. The zero-order valence-electron chi connectivity index (χ0n) is 16.8. The smallest absolute Gasteiger partial charge is 0.159 e. The van der Waals surface area contributed by atoms with Crippen LogP contribution in [0.1, 0.15) is 22.5 Å². The van der Waals surface area contributed by atoms with Gasteiger partial charge in [0.05, 0.1) is 17.6 Å². The largest absolute Gasteiger partial charge is 0.294 e. The van der Waals surface area contributed by atoms with Gasteiger partial charge in [0.25, 0.3) is 0 Å². The molecule has 4 aromatic rings. The molecule has 2 aromatic carbocycles. The number of hydrogen-bond acceptors (Lipinski definition) is 4. The van der Waals surface area contributed by atoms with Crippen LogP contribution < -0.4 is 0 Å². The zero-order chi connectivity index (χ0) is 20.5. The Hall–Kier alpha value is -3.38. The fourth-order valence-electron chi connectivity index (χ4n) is 3.92. The monoisotopic (exact) mass is 399 g/mol. The Labute approximate surface area is 174 Å². The molecule has 0 saturated heterocycles. The van der Waals surface area contributed by atoms with Crippen LogP contribution in [0.15, 0.2) is 67.0 Å². The predicted molar refractivity (Wildman–Crippen MR) is 114 cm³/mol. The summed E-state index contributed by atoms with van der Waals surface area (Å²) in [6, 6.07) is 16.5. The first-order valence-electron chi connectivity index (χ1n) is 10.1. The Balaban J connectivity index is 1.32. The Kier molecular flexibility index (Phi) is 4.85. The van der Waals surface area contributed by atoms with Crippen LogP contribution in [-0.2, 0) is 19.5 Å². The highest BCUT2D eigenvalue weighted by atomic mass is 19.1. The molecule has 3 heterocycles. The molecule has 1 aliphatic rings. The SMILES string of the molecule is Cc1c(CN2CCc3nc(-c4ccccc4)ncc3C2)cnn1-c1ccc(F)cc1. The van der Waals surface area contributed by atoms with Gasteiger partial charge in [0.1, 0.15) is 5.82 Å². The highest BCUT2D eigenvalue weighted by molar-refractivity contribution is 5.54. The first-order chi connectivity index (χ1) is 14.7. The summed E-state index contributed by atoms with van der Waals surface area (Å²) in [4.78, 5) is 11.8. The van der Waals surface area contributed by atoms with Crippen molar-refractivity contribution in [1.29, 1.82) is 0 Å². The van der Waals surface area contributed by atoms with Gasteiger partial charge in [-0.25, -0.2) is 19.0 Å². The summed E-state index contributed by atoms with van der Waals surface area (Å²) >= 11 is 0. The maximum Gasteiger partial charge on any atom is 0.159 e. The second-order valence-corrected chi connectivity index (χ2v) is 7.64. The van der Waals surface area contributed by atoms with E-state index in [0.29, 0.717) is 0 Å². The van der Waals surface area contributed by atoms with Gasteiger partial charge < -0.3 is 0 Å². The van der Waals surface area contributed by atoms with Crippen LogP contribution in [0.3, 0.4) is 0 Å². The molecule has 5 nitrogen and oxygen atoms in total. The van der Waals surface area contributed by atoms with Crippen molar-refractivity contribution in [2.45, 2.75) is 26.4 Å². The van der Waals surface area contributed by atoms with Gasteiger partial charge >= 0.3 is 0 Å². The number of hydrogen-bond donors (Lipinski definition) is 0. The molecule has 2 aromatic heterocycles. The van der Waals surface area contributed by atoms with Crippen molar-refractivity contribution in [2.75, 3.05) is 6.54 Å². The summed E-state index contributed by atoms with van der Waals surface area (Å²) < 4.78 is 15.1. The molecule has 6 heteroatoms. The number of benzene rings is 2. The Morgan fingerprint density at radius 1 is 1.00 bits per heavy atom. The number of rotatable bonds is 4. The van der Waals surface area contributed by atoms with Crippen molar-refractivity contribution in [3.63, 3.8) is 0 Å². The van der Waals surface area contributed by atoms with Crippen LogP contribution in [0, 0.1) is 12.7 Å². The van der Waals surface area contributed by atoms with Crippen LogP contribution in [0.4, 0.5) is 4.39 Å². The Morgan fingerprint density at radius 3 is 2.60 bits per heavy atom. The van der Waals surface area contributed by atoms with E-state index in [4.69, 9.17) is 4.98 Å². The molecule has 0 bridgehead atoms. The summed E-state index contributed by atoms with van der Waals surface area (Å²) in [5.41, 5.74) is 6.48. The lowest BCUT2D eigenvalue weighted by Crippen LogP contribution is -2.31. The van der Waals surface area contributed by atoms with Crippen molar-refractivity contribution < 1.29 is 4.39 Å². The van der Waals surface area contributed by atoms with Gasteiger partial charge in [-0.1, -0.05) is 30.3 Å². The maximum absolute atomic E-state index is 13.2. The van der Waals surface area contributed by atoms with Crippen LogP contribution in [0.25, 0.3) is 17.1 Å². The number of halogens is 1. The highest BCUT2D eigenvalue weighted by Gasteiger charge is 2.20. The van der Waals surface area contributed by atoms with E-state index in [9.17, 15) is 4.39 Å². The molecule has 0 unspecified atom stereocenters. The first-order valence-corrected chi connectivity index (χ1v) is 10.1. The van der Waals surface area contributed by atoms with E-state index in [2.05, 4.69) is 21.9 Å². The number of nitrogens with zero attached hydrogens (tertiary/aromatic N) is 5. The van der Waals surface area contributed by atoms with Crippen LogP contribution in [0.5, 0.6) is 0 Å². The molecule has 0 fully saturated rings. The fourth-order valence-corrected chi connectivity index (χ4v) is 3.92. The summed E-state index contributed by atoms with van der Waals surface area (Å²) in [5, 5.41) is 4.51. The van der Waals surface area contributed by atoms with E-state index < -0.39 is 0 Å². The molecular formula is C24H22FN5. The van der Waals surface area contributed by atoms with Crippen molar-refractivity contribution in [3.8, 4) is 17.1 Å². The van der Waals surface area contributed by atoms with E-state index in [1.807, 2.05) is 47.4 Å². The first kappa shape index (κ1) is 18.6. The molecule has 0 amide bonds. The van der Waals surface area contributed by atoms with Crippen molar-refractivity contribution >= 4 is 0 Å². The topological polar surface area (TPSA) is 46.8 Å². The zero-order valence-corrected chi connectivity index (χ0v) is 16.8. The van der Waals surface area contributed by atoms with Crippen LogP contribution >= 0.6 is 0 Å². The quantitative estimate of drug-likeness (QED) is 0.512. The van der Waals surface area contributed by atoms with Gasteiger partial charge in [-0.15, -0.1) is 0 Å². The third kappa shape index (κ3) is 3.62. The summed E-state index contributed by atoms with van der Waals surface area (Å²) in [5.74, 6) is 0.549.